The Labute approximate surface area is 226 Å². The third-order valence-electron chi connectivity index (χ3n) is 5.92. The van der Waals surface area contributed by atoms with Crippen LogP contribution >= 0.6 is 0 Å². The van der Waals surface area contributed by atoms with Crippen LogP contribution < -0.4 is 10.6 Å². The van der Waals surface area contributed by atoms with Gasteiger partial charge in [0.05, 0.1) is 27.2 Å². The van der Waals surface area contributed by atoms with E-state index < -0.39 is 34.4 Å². The second-order valence-electron chi connectivity index (χ2n) is 8.62. The van der Waals surface area contributed by atoms with Gasteiger partial charge in [0.2, 0.25) is 0 Å². The van der Waals surface area contributed by atoms with Gasteiger partial charge < -0.3 is 20.8 Å². The summed E-state index contributed by atoms with van der Waals surface area (Å²) in [4.78, 5) is 58.4. The van der Waals surface area contributed by atoms with Crippen LogP contribution in [0.1, 0.15) is 52.6 Å². The number of hydrogen-bond acceptors (Lipinski definition) is 6. The number of benzene rings is 4. The van der Waals surface area contributed by atoms with Gasteiger partial charge in [0, 0.05) is 23.5 Å². The van der Waals surface area contributed by atoms with Gasteiger partial charge in [-0.25, -0.2) is 9.59 Å². The molecule has 0 spiro atoms. The average Bonchev–Trinajstić information content (AvgIpc) is 2.94. The summed E-state index contributed by atoms with van der Waals surface area (Å²) in [7, 11) is 0. The number of non-ortho nitro benzene ring substituents is 1. The molecule has 0 radical (unpaired) electrons. The highest BCUT2D eigenvalue weighted by Gasteiger charge is 2.21. The highest BCUT2D eigenvalue weighted by molar-refractivity contribution is 6.11. The predicted molar refractivity (Wildman–Crippen MR) is 145 cm³/mol. The molecule has 0 heterocycles. The first kappa shape index (κ1) is 27.2. The van der Waals surface area contributed by atoms with Crippen molar-refractivity contribution in [3.8, 4) is 0 Å². The lowest BCUT2D eigenvalue weighted by atomic mass is 10.0. The number of nitrogens with one attached hydrogen (secondary N) is 2. The fourth-order valence-corrected chi connectivity index (χ4v) is 3.93. The maximum Gasteiger partial charge on any atom is 0.336 e. The maximum atomic E-state index is 12.7. The SMILES string of the molecule is O=C(O)c1ccccc1C(=O)Nc1ccc(Cc2ccc(NC(=O)c3cc([N+](=O)[O-])ccc3C(=O)O)cc2)cc1. The normalized spacial score (nSPS) is 10.4. The zero-order valence-corrected chi connectivity index (χ0v) is 20.7. The fourth-order valence-electron chi connectivity index (χ4n) is 3.93. The molecule has 0 bridgehead atoms. The minimum atomic E-state index is -1.38. The summed E-state index contributed by atoms with van der Waals surface area (Å²) in [6, 6.07) is 22.7. The zero-order valence-electron chi connectivity index (χ0n) is 20.7. The van der Waals surface area contributed by atoms with Crippen molar-refractivity contribution in [1.29, 1.82) is 0 Å². The van der Waals surface area contributed by atoms with E-state index in [2.05, 4.69) is 10.6 Å². The lowest BCUT2D eigenvalue weighted by Gasteiger charge is -2.10. The summed E-state index contributed by atoms with van der Waals surface area (Å²) in [6.07, 6.45) is 0.526. The number of nitro groups is 1. The van der Waals surface area contributed by atoms with Gasteiger partial charge in [0.15, 0.2) is 0 Å². The van der Waals surface area contributed by atoms with Gasteiger partial charge in [0.1, 0.15) is 0 Å². The Morgan fingerprint density at radius 3 is 1.55 bits per heavy atom. The molecule has 0 aromatic heterocycles. The van der Waals surface area contributed by atoms with Crippen LogP contribution in [0.4, 0.5) is 17.1 Å². The Balaban J connectivity index is 1.40. The van der Waals surface area contributed by atoms with Crippen molar-refractivity contribution in [2.45, 2.75) is 6.42 Å². The molecule has 11 nitrogen and oxygen atoms in total. The van der Waals surface area contributed by atoms with Gasteiger partial charge >= 0.3 is 11.9 Å². The number of amides is 2. The van der Waals surface area contributed by atoms with E-state index in [1.165, 1.54) is 12.1 Å². The van der Waals surface area contributed by atoms with Crippen LogP contribution in [0.25, 0.3) is 0 Å². The molecule has 4 aromatic carbocycles. The number of carboxylic acids is 2. The second-order valence-corrected chi connectivity index (χ2v) is 8.62. The minimum absolute atomic E-state index is 0.0518. The third kappa shape index (κ3) is 6.34. The monoisotopic (exact) mass is 539 g/mol. The minimum Gasteiger partial charge on any atom is -0.478 e. The van der Waals surface area contributed by atoms with E-state index in [1.807, 2.05) is 12.1 Å². The molecular formula is C29H21N3O8. The van der Waals surface area contributed by atoms with Crippen molar-refractivity contribution < 1.29 is 34.3 Å². The van der Waals surface area contributed by atoms with E-state index in [1.54, 1.807) is 48.5 Å². The molecule has 4 aromatic rings. The van der Waals surface area contributed by atoms with Crippen LogP contribution in [0.5, 0.6) is 0 Å². The number of carbonyl (C=O) groups excluding carboxylic acids is 2. The Bertz CT molecular complexity index is 1630. The molecule has 0 aliphatic heterocycles. The smallest absolute Gasteiger partial charge is 0.336 e. The molecule has 0 saturated heterocycles. The summed E-state index contributed by atoms with van der Waals surface area (Å²) in [5.74, 6) is -3.91. The van der Waals surface area contributed by atoms with Gasteiger partial charge in [-0.2, -0.15) is 0 Å². The molecule has 40 heavy (non-hydrogen) atoms. The molecule has 200 valence electrons. The number of hydrogen-bond donors (Lipinski definition) is 4. The van der Waals surface area contributed by atoms with Gasteiger partial charge in [0.25, 0.3) is 17.5 Å². The summed E-state index contributed by atoms with van der Waals surface area (Å²) in [6.45, 7) is 0. The molecule has 0 unspecified atom stereocenters. The van der Waals surface area contributed by atoms with Crippen LogP contribution in [0.3, 0.4) is 0 Å². The maximum absolute atomic E-state index is 12.7. The average molecular weight is 540 g/mol. The zero-order chi connectivity index (χ0) is 28.8. The van der Waals surface area contributed by atoms with Gasteiger partial charge in [-0.3, -0.25) is 19.7 Å². The quantitative estimate of drug-likeness (QED) is 0.168. The molecule has 0 aliphatic carbocycles. The number of carboxylic acid groups (broad SMARTS) is 2. The molecule has 0 fully saturated rings. The second kappa shape index (κ2) is 11.7. The van der Waals surface area contributed by atoms with E-state index in [0.29, 0.717) is 17.8 Å². The van der Waals surface area contributed by atoms with Crippen LogP contribution in [0.15, 0.2) is 91.0 Å². The highest BCUT2D eigenvalue weighted by atomic mass is 16.6. The van der Waals surface area contributed by atoms with E-state index in [4.69, 9.17) is 0 Å². The van der Waals surface area contributed by atoms with Crippen LogP contribution in [-0.2, 0) is 6.42 Å². The lowest BCUT2D eigenvalue weighted by molar-refractivity contribution is -0.384. The van der Waals surface area contributed by atoms with Crippen molar-refractivity contribution in [2.75, 3.05) is 10.6 Å². The fraction of sp³-hybridized carbons (Fsp3) is 0.0345. The molecule has 11 heteroatoms. The number of rotatable bonds is 9. The Hall–Kier alpha value is -5.84. The number of carbonyl (C=O) groups is 4. The number of anilines is 2. The standard InChI is InChI=1S/C29H21N3O8/c33-26(22-3-1-2-4-23(22)28(35)36)30-19-9-5-17(6-10-19)15-18-7-11-20(12-8-18)31-27(34)25-16-21(32(39)40)13-14-24(25)29(37)38/h1-14,16H,15H2,(H,30,33)(H,31,34)(H,35,36)(H,37,38). The summed E-state index contributed by atoms with van der Waals surface area (Å²) >= 11 is 0. The van der Waals surface area contributed by atoms with Gasteiger partial charge in [-0.05, 0) is 60.0 Å². The Morgan fingerprint density at radius 2 is 1.07 bits per heavy atom. The molecule has 0 atom stereocenters. The molecule has 2 amide bonds. The molecule has 4 rings (SSSR count). The van der Waals surface area contributed by atoms with E-state index in [9.17, 15) is 39.5 Å². The van der Waals surface area contributed by atoms with Crippen LogP contribution in [0.2, 0.25) is 0 Å². The van der Waals surface area contributed by atoms with E-state index in [-0.39, 0.29) is 22.3 Å². The predicted octanol–water partition coefficient (Wildman–Crippen LogP) is 5.09. The Kier molecular flexibility index (Phi) is 7.95. The van der Waals surface area contributed by atoms with Crippen molar-refractivity contribution in [3.05, 3.63) is 134 Å². The molecule has 4 N–H and O–H groups in total. The largest absolute Gasteiger partial charge is 0.478 e. The van der Waals surface area contributed by atoms with Crippen molar-refractivity contribution in [1.82, 2.24) is 0 Å². The number of aromatic carboxylic acids is 2. The summed E-state index contributed by atoms with van der Waals surface area (Å²) in [5.41, 5.74) is 1.55. The van der Waals surface area contributed by atoms with Crippen LogP contribution in [0, 0.1) is 10.1 Å². The van der Waals surface area contributed by atoms with E-state index >= 15 is 0 Å². The highest BCUT2D eigenvalue weighted by Crippen LogP contribution is 2.21. The third-order valence-corrected chi connectivity index (χ3v) is 5.92. The first-order valence-corrected chi connectivity index (χ1v) is 11.8. The molecular weight excluding hydrogens is 518 g/mol. The van der Waals surface area contributed by atoms with Crippen molar-refractivity contribution in [3.63, 3.8) is 0 Å². The van der Waals surface area contributed by atoms with Crippen LogP contribution in [-0.4, -0.2) is 38.9 Å². The first-order chi connectivity index (χ1) is 19.1. The van der Waals surface area contributed by atoms with Crippen molar-refractivity contribution >= 4 is 40.8 Å². The van der Waals surface area contributed by atoms with E-state index in [0.717, 1.165) is 29.3 Å². The van der Waals surface area contributed by atoms with Crippen molar-refractivity contribution in [2.24, 2.45) is 0 Å². The lowest BCUT2D eigenvalue weighted by Crippen LogP contribution is -2.16. The Morgan fingerprint density at radius 1 is 0.625 bits per heavy atom. The topological polar surface area (TPSA) is 176 Å². The molecule has 0 aliphatic rings. The number of nitrogens with zero attached hydrogens (tertiary/aromatic N) is 1. The van der Waals surface area contributed by atoms with Gasteiger partial charge in [-0.1, -0.05) is 36.4 Å². The first-order valence-electron chi connectivity index (χ1n) is 11.8. The summed E-state index contributed by atoms with van der Waals surface area (Å²) in [5, 5.41) is 34.9. The number of nitro benzene ring substituents is 1. The summed E-state index contributed by atoms with van der Waals surface area (Å²) < 4.78 is 0. The van der Waals surface area contributed by atoms with Gasteiger partial charge in [-0.15, -0.1) is 0 Å². The molecule has 0 saturated carbocycles.